The minimum atomic E-state index is -1.01. The summed E-state index contributed by atoms with van der Waals surface area (Å²) in [6, 6.07) is 5.81. The molecule has 2 fully saturated rings. The number of amides is 2. The van der Waals surface area contributed by atoms with E-state index in [0.717, 1.165) is 38.5 Å². The number of carbonyl (C=O) groups excluding carboxylic acids is 2. The van der Waals surface area contributed by atoms with Gasteiger partial charge in [-0.05, 0) is 43.4 Å². The lowest BCUT2D eigenvalue weighted by molar-refractivity contribution is -0.139. The van der Waals surface area contributed by atoms with E-state index in [1.165, 1.54) is 6.42 Å². The van der Waals surface area contributed by atoms with Crippen LogP contribution in [0.1, 0.15) is 61.7 Å². The van der Waals surface area contributed by atoms with Crippen LogP contribution in [0.5, 0.6) is 0 Å². The normalized spacial score (nSPS) is 18.8. The number of benzene rings is 1. The first kappa shape index (κ1) is 18.4. The number of aliphatic carboxylic acids is 1. The lowest BCUT2D eigenvalue weighted by Crippen LogP contribution is -2.41. The molecule has 2 saturated carbocycles. The molecule has 0 aliphatic heterocycles. The Kier molecular flexibility index (Phi) is 5.91. The van der Waals surface area contributed by atoms with E-state index in [4.69, 9.17) is 0 Å². The third-order valence-electron chi connectivity index (χ3n) is 5.24. The topological polar surface area (TPSA) is 95.5 Å². The number of nitrogens with one attached hydrogen (secondary N) is 2. The fraction of sp³-hybridized carbons (Fsp3) is 0.550. The van der Waals surface area contributed by atoms with Gasteiger partial charge in [-0.25, -0.2) is 4.79 Å². The molecule has 1 aromatic carbocycles. The van der Waals surface area contributed by atoms with Crippen molar-refractivity contribution < 1.29 is 19.5 Å². The van der Waals surface area contributed by atoms with Crippen LogP contribution in [0.3, 0.4) is 0 Å². The average molecular weight is 358 g/mol. The molecule has 0 radical (unpaired) electrons. The summed E-state index contributed by atoms with van der Waals surface area (Å²) >= 11 is 0. The number of anilines is 1. The van der Waals surface area contributed by atoms with Crippen molar-refractivity contribution in [3.8, 4) is 0 Å². The average Bonchev–Trinajstić information content (AvgIpc) is 3.46. The van der Waals surface area contributed by atoms with Crippen LogP contribution in [-0.2, 0) is 9.59 Å². The Morgan fingerprint density at radius 3 is 2.46 bits per heavy atom. The Bertz CT molecular complexity index is 678. The van der Waals surface area contributed by atoms with Crippen molar-refractivity contribution >= 4 is 23.5 Å². The second kappa shape index (κ2) is 8.34. The standard InChI is InChI=1S/C20H26N2O4/c23-18(14-5-2-1-3-6-14)21-16-8-4-7-15(12-16)19(24)22-17(20(25)26)11-13-9-10-13/h4,7-8,12-14,17H,1-3,5-6,9-11H2,(H,21,23)(H,22,24)(H,25,26). The second-order valence-electron chi connectivity index (χ2n) is 7.45. The molecule has 140 valence electrons. The van der Waals surface area contributed by atoms with Crippen molar-refractivity contribution in [3.05, 3.63) is 29.8 Å². The minimum absolute atomic E-state index is 0.000552. The number of hydrogen-bond donors (Lipinski definition) is 3. The van der Waals surface area contributed by atoms with E-state index in [1.54, 1.807) is 24.3 Å². The fourth-order valence-corrected chi connectivity index (χ4v) is 3.50. The van der Waals surface area contributed by atoms with Crippen LogP contribution in [0, 0.1) is 11.8 Å². The number of carboxylic acids is 1. The Labute approximate surface area is 153 Å². The molecule has 6 heteroatoms. The van der Waals surface area contributed by atoms with Gasteiger partial charge in [0.1, 0.15) is 6.04 Å². The largest absolute Gasteiger partial charge is 0.480 e. The van der Waals surface area contributed by atoms with E-state index >= 15 is 0 Å². The smallest absolute Gasteiger partial charge is 0.326 e. The summed E-state index contributed by atoms with van der Waals surface area (Å²) in [4.78, 5) is 36.1. The molecule has 3 rings (SSSR count). The third-order valence-corrected chi connectivity index (χ3v) is 5.24. The maximum Gasteiger partial charge on any atom is 0.326 e. The lowest BCUT2D eigenvalue weighted by atomic mass is 9.88. The monoisotopic (exact) mass is 358 g/mol. The molecule has 1 aromatic rings. The van der Waals surface area contributed by atoms with E-state index in [2.05, 4.69) is 10.6 Å². The highest BCUT2D eigenvalue weighted by molar-refractivity contribution is 5.99. The van der Waals surface area contributed by atoms with Crippen LogP contribution in [0.25, 0.3) is 0 Å². The van der Waals surface area contributed by atoms with E-state index in [9.17, 15) is 19.5 Å². The molecule has 0 aromatic heterocycles. The summed E-state index contributed by atoms with van der Waals surface area (Å²) in [5.41, 5.74) is 0.927. The van der Waals surface area contributed by atoms with Gasteiger partial charge in [-0.15, -0.1) is 0 Å². The van der Waals surface area contributed by atoms with E-state index in [0.29, 0.717) is 23.6 Å². The SMILES string of the molecule is O=C(NC(CC1CC1)C(=O)O)c1cccc(NC(=O)C2CCCCC2)c1. The van der Waals surface area contributed by atoms with Crippen LogP contribution in [-0.4, -0.2) is 28.9 Å². The zero-order chi connectivity index (χ0) is 18.5. The predicted octanol–water partition coefficient (Wildman–Crippen LogP) is 3.19. The number of hydrogen-bond acceptors (Lipinski definition) is 3. The first-order chi connectivity index (χ1) is 12.5. The molecule has 1 atom stereocenters. The molecule has 2 aliphatic rings. The van der Waals surface area contributed by atoms with E-state index in [-0.39, 0.29) is 11.8 Å². The summed E-state index contributed by atoms with van der Waals surface area (Å²) < 4.78 is 0. The molecule has 0 bridgehead atoms. The van der Waals surface area contributed by atoms with Crippen LogP contribution in [0.2, 0.25) is 0 Å². The van der Waals surface area contributed by atoms with E-state index < -0.39 is 17.9 Å². The first-order valence-electron chi connectivity index (χ1n) is 9.47. The summed E-state index contributed by atoms with van der Waals surface area (Å²) in [6.07, 6.45) is 7.70. The highest BCUT2D eigenvalue weighted by Gasteiger charge is 2.30. The molecule has 1 unspecified atom stereocenters. The molecule has 3 N–H and O–H groups in total. The molecule has 0 spiro atoms. The van der Waals surface area contributed by atoms with Crippen LogP contribution >= 0.6 is 0 Å². The molecular formula is C20H26N2O4. The quantitative estimate of drug-likeness (QED) is 0.697. The van der Waals surface area contributed by atoms with Crippen molar-refractivity contribution in [1.82, 2.24) is 5.32 Å². The van der Waals surface area contributed by atoms with Gasteiger partial charge < -0.3 is 15.7 Å². The van der Waals surface area contributed by atoms with Crippen molar-refractivity contribution in [2.75, 3.05) is 5.32 Å². The van der Waals surface area contributed by atoms with Gasteiger partial charge in [0.05, 0.1) is 0 Å². The summed E-state index contributed by atoms with van der Waals surface area (Å²) in [7, 11) is 0. The number of carbonyl (C=O) groups is 3. The molecule has 26 heavy (non-hydrogen) atoms. The maximum absolute atomic E-state index is 12.4. The Morgan fingerprint density at radius 2 is 1.81 bits per heavy atom. The Morgan fingerprint density at radius 1 is 1.08 bits per heavy atom. The van der Waals surface area contributed by atoms with Crippen LogP contribution in [0.4, 0.5) is 5.69 Å². The number of carboxylic acid groups (broad SMARTS) is 1. The fourth-order valence-electron chi connectivity index (χ4n) is 3.50. The molecule has 2 amide bonds. The highest BCUT2D eigenvalue weighted by atomic mass is 16.4. The van der Waals surface area contributed by atoms with Gasteiger partial charge in [-0.1, -0.05) is 38.2 Å². The summed E-state index contributed by atoms with van der Waals surface area (Å²) in [6.45, 7) is 0. The van der Waals surface area contributed by atoms with Gasteiger partial charge >= 0.3 is 5.97 Å². The molecule has 6 nitrogen and oxygen atoms in total. The zero-order valence-corrected chi connectivity index (χ0v) is 14.9. The van der Waals surface area contributed by atoms with Gasteiger partial charge in [0.25, 0.3) is 5.91 Å². The van der Waals surface area contributed by atoms with Crippen LogP contribution < -0.4 is 10.6 Å². The molecule has 0 heterocycles. The second-order valence-corrected chi connectivity index (χ2v) is 7.45. The first-order valence-corrected chi connectivity index (χ1v) is 9.47. The van der Waals surface area contributed by atoms with Crippen molar-refractivity contribution in [3.63, 3.8) is 0 Å². The molecule has 2 aliphatic carbocycles. The Balaban J connectivity index is 1.60. The third kappa shape index (κ3) is 5.07. The summed E-state index contributed by atoms with van der Waals surface area (Å²) in [5, 5.41) is 14.8. The van der Waals surface area contributed by atoms with E-state index in [1.807, 2.05) is 0 Å². The van der Waals surface area contributed by atoms with Gasteiger partial charge in [-0.2, -0.15) is 0 Å². The Hall–Kier alpha value is -2.37. The molecule has 0 saturated heterocycles. The summed E-state index contributed by atoms with van der Waals surface area (Å²) in [5.74, 6) is -0.994. The van der Waals surface area contributed by atoms with Crippen LogP contribution in [0.15, 0.2) is 24.3 Å². The maximum atomic E-state index is 12.4. The minimum Gasteiger partial charge on any atom is -0.480 e. The van der Waals surface area contributed by atoms with Crippen molar-refractivity contribution in [2.45, 2.75) is 57.4 Å². The zero-order valence-electron chi connectivity index (χ0n) is 14.9. The van der Waals surface area contributed by atoms with Gasteiger partial charge in [-0.3, -0.25) is 9.59 Å². The predicted molar refractivity (Wildman–Crippen MR) is 97.9 cm³/mol. The van der Waals surface area contributed by atoms with Gasteiger partial charge in [0.2, 0.25) is 5.91 Å². The number of rotatable bonds is 7. The van der Waals surface area contributed by atoms with Gasteiger partial charge in [0.15, 0.2) is 0 Å². The highest BCUT2D eigenvalue weighted by Crippen LogP contribution is 2.33. The van der Waals surface area contributed by atoms with Gasteiger partial charge in [0, 0.05) is 17.2 Å². The van der Waals surface area contributed by atoms with Crippen molar-refractivity contribution in [1.29, 1.82) is 0 Å². The molecular weight excluding hydrogens is 332 g/mol. The lowest BCUT2D eigenvalue weighted by Gasteiger charge is -2.21. The van der Waals surface area contributed by atoms with Crippen molar-refractivity contribution in [2.24, 2.45) is 11.8 Å².